The Kier molecular flexibility index (Phi) is 7.81. The van der Waals surface area contributed by atoms with Crippen molar-refractivity contribution in [2.75, 3.05) is 60.7 Å². The fraction of sp³-hybridized carbons (Fsp3) is 0.611. The molecular formula is C18H28N2O5. The van der Waals surface area contributed by atoms with E-state index in [2.05, 4.69) is 10.2 Å². The average Bonchev–Trinajstić information content (AvgIpc) is 2.67. The van der Waals surface area contributed by atoms with Crippen LogP contribution in [0.25, 0.3) is 0 Å². The number of nitrogens with one attached hydrogen (secondary N) is 1. The number of morpholine rings is 1. The van der Waals surface area contributed by atoms with Crippen molar-refractivity contribution in [3.63, 3.8) is 0 Å². The highest BCUT2D eigenvalue weighted by molar-refractivity contribution is 5.95. The zero-order chi connectivity index (χ0) is 18.1. The van der Waals surface area contributed by atoms with Gasteiger partial charge in [0, 0.05) is 25.2 Å². The third-order valence-corrected chi connectivity index (χ3v) is 4.22. The summed E-state index contributed by atoms with van der Waals surface area (Å²) in [7, 11) is 4.60. The van der Waals surface area contributed by atoms with Gasteiger partial charge in [-0.3, -0.25) is 9.69 Å². The van der Waals surface area contributed by atoms with Gasteiger partial charge >= 0.3 is 0 Å². The first-order valence-electron chi connectivity index (χ1n) is 8.58. The third kappa shape index (κ3) is 5.51. The van der Waals surface area contributed by atoms with E-state index in [1.807, 2.05) is 0 Å². The lowest BCUT2D eigenvalue weighted by atomic mass is 10.1. The third-order valence-electron chi connectivity index (χ3n) is 4.22. The number of benzene rings is 1. The standard InChI is InChI=1S/C18H28N2O5/c1-22-15-12-14(13-16(23-2)17(15)24-3)18(21)19-6-4-5-7-20-8-10-25-11-9-20/h12-13H,4-11H2,1-3H3,(H,19,21). The second-order valence-electron chi connectivity index (χ2n) is 5.83. The zero-order valence-corrected chi connectivity index (χ0v) is 15.3. The van der Waals surface area contributed by atoms with E-state index in [1.165, 1.54) is 21.3 Å². The number of unbranched alkanes of at least 4 members (excludes halogenated alkanes) is 1. The van der Waals surface area contributed by atoms with Crippen molar-refractivity contribution >= 4 is 5.91 Å². The predicted molar refractivity (Wildman–Crippen MR) is 94.9 cm³/mol. The summed E-state index contributed by atoms with van der Waals surface area (Å²) in [6.45, 7) is 5.31. The molecule has 7 heteroatoms. The lowest BCUT2D eigenvalue weighted by molar-refractivity contribution is 0.0372. The first-order valence-corrected chi connectivity index (χ1v) is 8.58. The molecule has 1 aromatic carbocycles. The maximum Gasteiger partial charge on any atom is 0.251 e. The minimum Gasteiger partial charge on any atom is -0.493 e. The fourth-order valence-corrected chi connectivity index (χ4v) is 2.80. The maximum atomic E-state index is 12.4. The SMILES string of the molecule is COc1cc(C(=O)NCCCCN2CCOCC2)cc(OC)c1OC. The number of hydrogen-bond acceptors (Lipinski definition) is 6. The number of nitrogens with zero attached hydrogens (tertiary/aromatic N) is 1. The number of methoxy groups -OCH3 is 3. The zero-order valence-electron chi connectivity index (χ0n) is 15.3. The molecule has 0 bridgehead atoms. The molecule has 140 valence electrons. The van der Waals surface area contributed by atoms with Gasteiger partial charge in [-0.25, -0.2) is 0 Å². The molecule has 0 saturated carbocycles. The number of rotatable bonds is 9. The first-order chi connectivity index (χ1) is 12.2. The van der Waals surface area contributed by atoms with Crippen LogP contribution in [0.3, 0.4) is 0 Å². The van der Waals surface area contributed by atoms with Gasteiger partial charge in [0.05, 0.1) is 34.5 Å². The van der Waals surface area contributed by atoms with Crippen molar-refractivity contribution in [2.24, 2.45) is 0 Å². The second-order valence-corrected chi connectivity index (χ2v) is 5.83. The van der Waals surface area contributed by atoms with Crippen molar-refractivity contribution in [1.82, 2.24) is 10.2 Å². The van der Waals surface area contributed by atoms with Crippen LogP contribution < -0.4 is 19.5 Å². The van der Waals surface area contributed by atoms with Gasteiger partial charge in [-0.05, 0) is 31.5 Å². The molecule has 1 N–H and O–H groups in total. The Labute approximate surface area is 149 Å². The number of ether oxygens (including phenoxy) is 4. The molecule has 2 rings (SSSR count). The minimum atomic E-state index is -0.148. The molecule has 0 atom stereocenters. The van der Waals surface area contributed by atoms with Crippen LogP contribution in [0.15, 0.2) is 12.1 Å². The number of carbonyl (C=O) groups is 1. The van der Waals surface area contributed by atoms with Crippen molar-refractivity contribution in [2.45, 2.75) is 12.8 Å². The van der Waals surface area contributed by atoms with Gasteiger partial charge < -0.3 is 24.3 Å². The summed E-state index contributed by atoms with van der Waals surface area (Å²) in [4.78, 5) is 14.7. The van der Waals surface area contributed by atoms with Crippen molar-refractivity contribution in [3.8, 4) is 17.2 Å². The summed E-state index contributed by atoms with van der Waals surface area (Å²) in [6, 6.07) is 3.31. The molecule has 0 spiro atoms. The molecule has 1 heterocycles. The maximum absolute atomic E-state index is 12.4. The molecule has 25 heavy (non-hydrogen) atoms. The monoisotopic (exact) mass is 352 g/mol. The lowest BCUT2D eigenvalue weighted by Crippen LogP contribution is -2.37. The van der Waals surface area contributed by atoms with Crippen LogP contribution in [0.2, 0.25) is 0 Å². The summed E-state index contributed by atoms with van der Waals surface area (Å²) < 4.78 is 21.2. The van der Waals surface area contributed by atoms with Crippen molar-refractivity contribution < 1.29 is 23.7 Å². The van der Waals surface area contributed by atoms with E-state index in [4.69, 9.17) is 18.9 Å². The molecule has 0 radical (unpaired) electrons. The molecule has 1 aliphatic rings. The van der Waals surface area contributed by atoms with Crippen LogP contribution in [-0.2, 0) is 4.74 Å². The predicted octanol–water partition coefficient (Wildman–Crippen LogP) is 1.55. The summed E-state index contributed by atoms with van der Waals surface area (Å²) >= 11 is 0. The Morgan fingerprint density at radius 1 is 1.08 bits per heavy atom. The van der Waals surface area contributed by atoms with Gasteiger partial charge in [0.25, 0.3) is 5.91 Å². The van der Waals surface area contributed by atoms with Crippen LogP contribution in [-0.4, -0.2) is 71.5 Å². The Hall–Kier alpha value is -1.99. The van der Waals surface area contributed by atoms with E-state index < -0.39 is 0 Å². The van der Waals surface area contributed by atoms with Gasteiger partial charge in [0.15, 0.2) is 11.5 Å². The molecule has 7 nitrogen and oxygen atoms in total. The van der Waals surface area contributed by atoms with Gasteiger partial charge in [0.1, 0.15) is 0 Å². The number of amides is 1. The molecule has 1 fully saturated rings. The van der Waals surface area contributed by atoms with Crippen LogP contribution in [0.5, 0.6) is 17.2 Å². The highest BCUT2D eigenvalue weighted by Crippen LogP contribution is 2.38. The van der Waals surface area contributed by atoms with Crippen LogP contribution in [0.4, 0.5) is 0 Å². The van der Waals surface area contributed by atoms with Gasteiger partial charge in [0.2, 0.25) is 5.75 Å². The van der Waals surface area contributed by atoms with Crippen LogP contribution >= 0.6 is 0 Å². The average molecular weight is 352 g/mol. The van der Waals surface area contributed by atoms with E-state index in [0.29, 0.717) is 29.4 Å². The first kappa shape index (κ1) is 19.3. The topological polar surface area (TPSA) is 69.3 Å². The Bertz CT molecular complexity index is 533. The van der Waals surface area contributed by atoms with E-state index in [-0.39, 0.29) is 5.91 Å². The van der Waals surface area contributed by atoms with E-state index in [0.717, 1.165) is 45.7 Å². The van der Waals surface area contributed by atoms with Crippen molar-refractivity contribution in [1.29, 1.82) is 0 Å². The molecule has 0 aromatic heterocycles. The molecular weight excluding hydrogens is 324 g/mol. The highest BCUT2D eigenvalue weighted by Gasteiger charge is 2.16. The second kappa shape index (κ2) is 10.1. The number of hydrogen-bond donors (Lipinski definition) is 1. The van der Waals surface area contributed by atoms with Crippen LogP contribution in [0.1, 0.15) is 23.2 Å². The lowest BCUT2D eigenvalue weighted by Gasteiger charge is -2.26. The quantitative estimate of drug-likeness (QED) is 0.680. The largest absolute Gasteiger partial charge is 0.493 e. The molecule has 1 aromatic rings. The molecule has 0 aliphatic carbocycles. The molecule has 1 aliphatic heterocycles. The van der Waals surface area contributed by atoms with E-state index in [9.17, 15) is 4.79 Å². The Balaban J connectivity index is 1.81. The molecule has 1 saturated heterocycles. The van der Waals surface area contributed by atoms with Gasteiger partial charge in [-0.2, -0.15) is 0 Å². The smallest absolute Gasteiger partial charge is 0.251 e. The highest BCUT2D eigenvalue weighted by atomic mass is 16.5. The Morgan fingerprint density at radius 2 is 1.72 bits per heavy atom. The van der Waals surface area contributed by atoms with Gasteiger partial charge in [-0.1, -0.05) is 0 Å². The summed E-state index contributed by atoms with van der Waals surface area (Å²) in [5.41, 5.74) is 0.489. The summed E-state index contributed by atoms with van der Waals surface area (Å²) in [5.74, 6) is 1.27. The van der Waals surface area contributed by atoms with E-state index in [1.54, 1.807) is 12.1 Å². The fourth-order valence-electron chi connectivity index (χ4n) is 2.80. The molecule has 0 unspecified atom stereocenters. The minimum absolute atomic E-state index is 0.148. The Morgan fingerprint density at radius 3 is 2.28 bits per heavy atom. The van der Waals surface area contributed by atoms with E-state index >= 15 is 0 Å². The summed E-state index contributed by atoms with van der Waals surface area (Å²) in [5, 5.41) is 2.94. The summed E-state index contributed by atoms with van der Waals surface area (Å²) in [6.07, 6.45) is 1.99. The van der Waals surface area contributed by atoms with Gasteiger partial charge in [-0.15, -0.1) is 0 Å². The van der Waals surface area contributed by atoms with Crippen LogP contribution in [0, 0.1) is 0 Å². The number of carbonyl (C=O) groups excluding carboxylic acids is 1. The van der Waals surface area contributed by atoms with Crippen molar-refractivity contribution in [3.05, 3.63) is 17.7 Å². The molecule has 1 amide bonds. The normalized spacial score (nSPS) is 14.8.